The van der Waals surface area contributed by atoms with Gasteiger partial charge in [0.25, 0.3) is 5.91 Å². The smallest absolute Gasteiger partial charge is 0.290 e. The summed E-state index contributed by atoms with van der Waals surface area (Å²) in [6.07, 6.45) is 5.62. The first-order chi connectivity index (χ1) is 16.2. The minimum absolute atomic E-state index is 0.139. The molecule has 1 aliphatic rings. The van der Waals surface area contributed by atoms with Crippen molar-refractivity contribution in [3.8, 4) is 5.75 Å². The van der Waals surface area contributed by atoms with Crippen molar-refractivity contribution in [2.45, 2.75) is 51.2 Å². The monoisotopic (exact) mass is 446 g/mol. The average Bonchev–Trinajstić information content (AvgIpc) is 3.55. The van der Waals surface area contributed by atoms with Crippen LogP contribution in [0, 0.1) is 0 Å². The Kier molecular flexibility index (Phi) is 7.45. The lowest BCUT2D eigenvalue weighted by atomic mass is 10.0. The maximum Gasteiger partial charge on any atom is 0.290 e. The van der Waals surface area contributed by atoms with Gasteiger partial charge in [0.15, 0.2) is 5.76 Å². The molecule has 0 spiro atoms. The van der Waals surface area contributed by atoms with Gasteiger partial charge in [-0.3, -0.25) is 9.59 Å². The Balaban J connectivity index is 1.71. The SMILES string of the molecule is CCOc1ccc([C@H](C(=O)NC2CCCC2)N(Cc2ccccc2)C(=O)c2ccco2)cc1. The van der Waals surface area contributed by atoms with Crippen LogP contribution in [-0.2, 0) is 11.3 Å². The highest BCUT2D eigenvalue weighted by molar-refractivity contribution is 5.96. The Labute approximate surface area is 194 Å². The molecule has 6 heteroatoms. The molecule has 2 aromatic carbocycles. The molecule has 2 amide bonds. The van der Waals surface area contributed by atoms with Crippen LogP contribution in [-0.4, -0.2) is 29.4 Å². The molecule has 1 N–H and O–H groups in total. The fourth-order valence-electron chi connectivity index (χ4n) is 4.34. The van der Waals surface area contributed by atoms with Gasteiger partial charge in [0, 0.05) is 12.6 Å². The number of ether oxygens (including phenoxy) is 1. The molecule has 1 heterocycles. The Morgan fingerprint density at radius 2 is 1.76 bits per heavy atom. The predicted molar refractivity (Wildman–Crippen MR) is 126 cm³/mol. The Morgan fingerprint density at radius 1 is 1.03 bits per heavy atom. The van der Waals surface area contributed by atoms with Crippen molar-refractivity contribution < 1.29 is 18.7 Å². The fourth-order valence-corrected chi connectivity index (χ4v) is 4.34. The largest absolute Gasteiger partial charge is 0.494 e. The van der Waals surface area contributed by atoms with E-state index in [2.05, 4.69) is 5.32 Å². The van der Waals surface area contributed by atoms with E-state index < -0.39 is 6.04 Å². The number of nitrogens with zero attached hydrogens (tertiary/aromatic N) is 1. The zero-order valence-electron chi connectivity index (χ0n) is 18.9. The maximum atomic E-state index is 13.6. The van der Waals surface area contributed by atoms with E-state index >= 15 is 0 Å². The van der Waals surface area contributed by atoms with Crippen LogP contribution >= 0.6 is 0 Å². The summed E-state index contributed by atoms with van der Waals surface area (Å²) in [6.45, 7) is 2.76. The summed E-state index contributed by atoms with van der Waals surface area (Å²) < 4.78 is 11.0. The van der Waals surface area contributed by atoms with Gasteiger partial charge in [-0.15, -0.1) is 0 Å². The van der Waals surface area contributed by atoms with Gasteiger partial charge in [-0.1, -0.05) is 55.3 Å². The van der Waals surface area contributed by atoms with Crippen LogP contribution in [0.5, 0.6) is 5.75 Å². The van der Waals surface area contributed by atoms with E-state index in [-0.39, 0.29) is 30.2 Å². The molecule has 0 bridgehead atoms. The van der Waals surface area contributed by atoms with Crippen molar-refractivity contribution in [1.82, 2.24) is 10.2 Å². The van der Waals surface area contributed by atoms with Gasteiger partial charge in [-0.2, -0.15) is 0 Å². The van der Waals surface area contributed by atoms with Crippen LogP contribution < -0.4 is 10.1 Å². The first-order valence-electron chi connectivity index (χ1n) is 11.6. The van der Waals surface area contributed by atoms with E-state index in [0.29, 0.717) is 6.61 Å². The molecular formula is C27H30N2O4. The summed E-state index contributed by atoms with van der Waals surface area (Å²) in [7, 11) is 0. The first kappa shape index (κ1) is 22.6. The summed E-state index contributed by atoms with van der Waals surface area (Å²) >= 11 is 0. The summed E-state index contributed by atoms with van der Waals surface area (Å²) in [6, 6.07) is 19.7. The van der Waals surface area contributed by atoms with Crippen LogP contribution in [0.2, 0.25) is 0 Å². The molecule has 0 aliphatic heterocycles. The third kappa shape index (κ3) is 5.64. The Morgan fingerprint density at radius 3 is 2.39 bits per heavy atom. The van der Waals surface area contributed by atoms with Crippen LogP contribution in [0.1, 0.15) is 60.3 Å². The minimum Gasteiger partial charge on any atom is -0.494 e. The zero-order valence-corrected chi connectivity index (χ0v) is 18.9. The molecule has 172 valence electrons. The van der Waals surface area contributed by atoms with Crippen LogP contribution in [0.15, 0.2) is 77.4 Å². The molecule has 1 saturated carbocycles. The van der Waals surface area contributed by atoms with Crippen LogP contribution in [0.25, 0.3) is 0 Å². The molecular weight excluding hydrogens is 416 g/mol. The molecule has 33 heavy (non-hydrogen) atoms. The number of nitrogens with one attached hydrogen (secondary N) is 1. The van der Waals surface area contributed by atoms with Gasteiger partial charge in [-0.05, 0) is 55.2 Å². The van der Waals surface area contributed by atoms with Crippen molar-refractivity contribution in [3.63, 3.8) is 0 Å². The molecule has 0 saturated heterocycles. The van der Waals surface area contributed by atoms with Crippen molar-refractivity contribution in [1.29, 1.82) is 0 Å². The second-order valence-corrected chi connectivity index (χ2v) is 8.29. The molecule has 1 fully saturated rings. The number of benzene rings is 2. The van der Waals surface area contributed by atoms with Gasteiger partial charge >= 0.3 is 0 Å². The molecule has 6 nitrogen and oxygen atoms in total. The van der Waals surface area contributed by atoms with E-state index in [9.17, 15) is 9.59 Å². The lowest BCUT2D eigenvalue weighted by Crippen LogP contribution is -2.45. The first-order valence-corrected chi connectivity index (χ1v) is 11.6. The third-order valence-electron chi connectivity index (χ3n) is 5.96. The van der Waals surface area contributed by atoms with Gasteiger partial charge < -0.3 is 19.4 Å². The predicted octanol–water partition coefficient (Wildman–Crippen LogP) is 5.12. The standard InChI is InChI=1S/C27H30N2O4/c1-2-32-23-16-14-21(15-17-23)25(26(30)28-22-11-6-7-12-22)29(19-20-9-4-3-5-10-20)27(31)24-13-8-18-33-24/h3-5,8-10,13-18,22,25H,2,6-7,11-12,19H2,1H3,(H,28,30)/t25-/m1/s1. The van der Waals surface area contributed by atoms with Gasteiger partial charge in [-0.25, -0.2) is 0 Å². The summed E-state index contributed by atoms with van der Waals surface area (Å²) in [5.41, 5.74) is 1.66. The second kappa shape index (κ2) is 10.9. The molecule has 1 atom stereocenters. The molecule has 1 aliphatic carbocycles. The van der Waals surface area contributed by atoms with E-state index in [1.165, 1.54) is 6.26 Å². The topological polar surface area (TPSA) is 71.8 Å². The van der Waals surface area contributed by atoms with Gasteiger partial charge in [0.2, 0.25) is 5.91 Å². The van der Waals surface area contributed by atoms with Crippen molar-refractivity contribution in [3.05, 3.63) is 89.9 Å². The lowest BCUT2D eigenvalue weighted by Gasteiger charge is -2.32. The molecule has 0 unspecified atom stereocenters. The zero-order chi connectivity index (χ0) is 23.0. The molecule has 0 radical (unpaired) electrons. The van der Waals surface area contributed by atoms with E-state index in [1.807, 2.05) is 61.5 Å². The van der Waals surface area contributed by atoms with E-state index in [1.54, 1.807) is 17.0 Å². The lowest BCUT2D eigenvalue weighted by molar-refractivity contribution is -0.126. The van der Waals surface area contributed by atoms with Crippen LogP contribution in [0.3, 0.4) is 0 Å². The maximum absolute atomic E-state index is 13.6. The molecule has 3 aromatic rings. The number of hydrogen-bond donors (Lipinski definition) is 1. The average molecular weight is 447 g/mol. The number of hydrogen-bond acceptors (Lipinski definition) is 4. The van der Waals surface area contributed by atoms with Crippen molar-refractivity contribution in [2.24, 2.45) is 0 Å². The molecule has 4 rings (SSSR count). The number of carbonyl (C=O) groups is 2. The highest BCUT2D eigenvalue weighted by atomic mass is 16.5. The normalized spacial score (nSPS) is 14.6. The summed E-state index contributed by atoms with van der Waals surface area (Å²) in [5, 5.41) is 3.19. The van der Waals surface area contributed by atoms with Gasteiger partial charge in [0.05, 0.1) is 12.9 Å². The quantitative estimate of drug-likeness (QED) is 0.495. The summed E-state index contributed by atoms with van der Waals surface area (Å²) in [4.78, 5) is 28.8. The third-order valence-corrected chi connectivity index (χ3v) is 5.96. The molecule has 1 aromatic heterocycles. The number of rotatable bonds is 9. The van der Waals surface area contributed by atoms with Gasteiger partial charge in [0.1, 0.15) is 11.8 Å². The van der Waals surface area contributed by atoms with Crippen molar-refractivity contribution in [2.75, 3.05) is 6.61 Å². The highest BCUT2D eigenvalue weighted by Gasteiger charge is 2.34. The minimum atomic E-state index is -0.806. The van der Waals surface area contributed by atoms with E-state index in [0.717, 1.165) is 42.6 Å². The Bertz CT molecular complexity index is 1030. The Hall–Kier alpha value is -3.54. The van der Waals surface area contributed by atoms with E-state index in [4.69, 9.17) is 9.15 Å². The fraction of sp³-hybridized carbons (Fsp3) is 0.333. The number of furan rings is 1. The van der Waals surface area contributed by atoms with Crippen molar-refractivity contribution >= 4 is 11.8 Å². The number of carbonyl (C=O) groups excluding carboxylic acids is 2. The second-order valence-electron chi connectivity index (χ2n) is 8.29. The van der Waals surface area contributed by atoms with Crippen LogP contribution in [0.4, 0.5) is 0 Å². The summed E-state index contributed by atoms with van der Waals surface area (Å²) in [5.74, 6) is 0.421. The number of amides is 2. The highest BCUT2D eigenvalue weighted by Crippen LogP contribution is 2.29.